The highest BCUT2D eigenvalue weighted by molar-refractivity contribution is 5.74. The van der Waals surface area contributed by atoms with Crippen molar-refractivity contribution in [2.45, 2.75) is 25.1 Å². The van der Waals surface area contributed by atoms with Crippen LogP contribution < -0.4 is 10.6 Å². The number of halogens is 1. The van der Waals surface area contributed by atoms with E-state index in [9.17, 15) is 9.18 Å². The number of hydrogen-bond acceptors (Lipinski definition) is 3. The van der Waals surface area contributed by atoms with E-state index < -0.39 is 0 Å². The van der Waals surface area contributed by atoms with Crippen LogP contribution in [-0.2, 0) is 18.3 Å². The van der Waals surface area contributed by atoms with E-state index in [4.69, 9.17) is 4.74 Å². The second-order valence-corrected chi connectivity index (χ2v) is 5.59. The zero-order valence-corrected chi connectivity index (χ0v) is 12.8. The first kappa shape index (κ1) is 15.5. The predicted molar refractivity (Wildman–Crippen MR) is 82.1 cm³/mol. The van der Waals surface area contributed by atoms with Crippen molar-refractivity contribution in [3.8, 4) is 0 Å². The van der Waals surface area contributed by atoms with Gasteiger partial charge in [-0.15, -0.1) is 0 Å². The lowest BCUT2D eigenvalue weighted by Gasteiger charge is -2.19. The number of benzene rings is 1. The molecule has 1 aromatic heterocycles. The lowest BCUT2D eigenvalue weighted by molar-refractivity contribution is 0.0998. The van der Waals surface area contributed by atoms with Gasteiger partial charge in [-0.25, -0.2) is 9.18 Å². The highest BCUT2D eigenvalue weighted by Crippen LogP contribution is 2.28. The zero-order valence-electron chi connectivity index (χ0n) is 12.8. The van der Waals surface area contributed by atoms with Gasteiger partial charge in [0, 0.05) is 32.0 Å². The number of hydrogen-bond donors (Lipinski definition) is 2. The van der Waals surface area contributed by atoms with Gasteiger partial charge in [-0.05, 0) is 24.1 Å². The van der Waals surface area contributed by atoms with E-state index in [1.807, 2.05) is 13.2 Å². The molecule has 1 aromatic carbocycles. The first-order valence-corrected chi connectivity index (χ1v) is 7.51. The fraction of sp³-hybridized carbons (Fsp3) is 0.375. The van der Waals surface area contributed by atoms with Crippen LogP contribution in [0.4, 0.5) is 9.18 Å². The van der Waals surface area contributed by atoms with Crippen LogP contribution in [0.5, 0.6) is 0 Å². The molecular weight excluding hydrogens is 299 g/mol. The van der Waals surface area contributed by atoms with Gasteiger partial charge in [0.05, 0.1) is 12.2 Å². The number of carbonyl (C=O) groups excluding carboxylic acids is 1. The molecule has 122 valence electrons. The number of ether oxygens (including phenoxy) is 1. The molecule has 2 atom stereocenters. The van der Waals surface area contributed by atoms with E-state index in [0.29, 0.717) is 13.2 Å². The zero-order chi connectivity index (χ0) is 16.2. The summed E-state index contributed by atoms with van der Waals surface area (Å²) in [5.41, 5.74) is 1.79. The molecule has 23 heavy (non-hydrogen) atoms. The lowest BCUT2D eigenvalue weighted by atomic mass is 10.1. The summed E-state index contributed by atoms with van der Waals surface area (Å²) in [7, 11) is 1.84. The number of urea groups is 1. The van der Waals surface area contributed by atoms with Gasteiger partial charge in [0.25, 0.3) is 0 Å². The molecule has 1 fully saturated rings. The molecule has 0 bridgehead atoms. The third-order valence-electron chi connectivity index (χ3n) is 3.83. The van der Waals surface area contributed by atoms with Crippen molar-refractivity contribution >= 4 is 6.03 Å². The van der Waals surface area contributed by atoms with Crippen LogP contribution >= 0.6 is 0 Å². The fourth-order valence-corrected chi connectivity index (χ4v) is 2.66. The molecular formula is C16H19FN4O2. The van der Waals surface area contributed by atoms with Gasteiger partial charge in [-0.2, -0.15) is 5.10 Å². The highest BCUT2D eigenvalue weighted by Gasteiger charge is 2.31. The Balaban J connectivity index is 1.53. The number of aryl methyl sites for hydroxylation is 1. The second-order valence-electron chi connectivity index (χ2n) is 5.59. The van der Waals surface area contributed by atoms with Crippen LogP contribution in [0.2, 0.25) is 0 Å². The largest absolute Gasteiger partial charge is 0.371 e. The molecule has 0 radical (unpaired) electrons. The number of carbonyl (C=O) groups is 1. The highest BCUT2D eigenvalue weighted by atomic mass is 19.1. The summed E-state index contributed by atoms with van der Waals surface area (Å²) in [4.78, 5) is 12.0. The maximum absolute atomic E-state index is 12.8. The average molecular weight is 318 g/mol. The van der Waals surface area contributed by atoms with Crippen molar-refractivity contribution in [1.29, 1.82) is 0 Å². The van der Waals surface area contributed by atoms with Crippen molar-refractivity contribution < 1.29 is 13.9 Å². The molecule has 0 spiro atoms. The topological polar surface area (TPSA) is 68.2 Å². The number of nitrogens with zero attached hydrogens (tertiary/aromatic N) is 2. The summed E-state index contributed by atoms with van der Waals surface area (Å²) in [6.07, 6.45) is 4.21. The molecule has 7 heteroatoms. The Morgan fingerprint density at radius 2 is 2.22 bits per heavy atom. The first-order valence-electron chi connectivity index (χ1n) is 7.51. The number of nitrogens with one attached hydrogen (secondary N) is 2. The molecule has 1 aliphatic rings. The van der Waals surface area contributed by atoms with Gasteiger partial charge in [0.2, 0.25) is 0 Å². The molecule has 2 N–H and O–H groups in total. The van der Waals surface area contributed by atoms with Gasteiger partial charge in [-0.3, -0.25) is 4.68 Å². The van der Waals surface area contributed by atoms with Crippen LogP contribution in [0.3, 0.4) is 0 Å². The molecule has 0 saturated carbocycles. The fourth-order valence-electron chi connectivity index (χ4n) is 2.66. The Bertz CT molecular complexity index is 671. The minimum absolute atomic E-state index is 0.0904. The lowest BCUT2D eigenvalue weighted by Crippen LogP contribution is -2.43. The van der Waals surface area contributed by atoms with E-state index in [1.165, 1.54) is 12.1 Å². The summed E-state index contributed by atoms with van der Waals surface area (Å²) in [6.45, 7) is 0.944. The number of amides is 2. The molecule has 2 heterocycles. The molecule has 3 rings (SSSR count). The van der Waals surface area contributed by atoms with Gasteiger partial charge in [-0.1, -0.05) is 12.1 Å². The predicted octanol–water partition coefficient (Wildman–Crippen LogP) is 1.89. The molecule has 2 aromatic rings. The van der Waals surface area contributed by atoms with Crippen molar-refractivity contribution in [2.24, 2.45) is 7.05 Å². The van der Waals surface area contributed by atoms with Crippen LogP contribution in [-0.4, -0.2) is 28.5 Å². The van der Waals surface area contributed by atoms with Crippen molar-refractivity contribution in [3.05, 3.63) is 53.6 Å². The summed E-state index contributed by atoms with van der Waals surface area (Å²) in [5, 5.41) is 9.84. The van der Waals surface area contributed by atoms with Crippen molar-refractivity contribution in [2.75, 3.05) is 6.61 Å². The van der Waals surface area contributed by atoms with Gasteiger partial charge < -0.3 is 15.4 Å². The Morgan fingerprint density at radius 1 is 1.43 bits per heavy atom. The van der Waals surface area contributed by atoms with Crippen molar-refractivity contribution in [1.82, 2.24) is 20.4 Å². The monoisotopic (exact) mass is 318 g/mol. The number of aromatic nitrogens is 2. The summed E-state index contributed by atoms with van der Waals surface area (Å²) < 4.78 is 20.3. The second kappa shape index (κ2) is 6.78. The van der Waals surface area contributed by atoms with Gasteiger partial charge in [0.15, 0.2) is 0 Å². The Kier molecular flexibility index (Phi) is 4.57. The van der Waals surface area contributed by atoms with E-state index in [2.05, 4.69) is 15.7 Å². The molecule has 1 aliphatic heterocycles. The molecule has 0 aliphatic carbocycles. The molecule has 1 saturated heterocycles. The van der Waals surface area contributed by atoms with Gasteiger partial charge >= 0.3 is 6.03 Å². The third-order valence-corrected chi connectivity index (χ3v) is 3.83. The standard InChI is InChI=1S/C16H19FN4O2/c1-21-10-12(9-19-21)15-14(6-7-23-15)20-16(22)18-8-11-2-4-13(17)5-3-11/h2-5,9-10,14-15H,6-8H2,1H3,(H2,18,20,22)/t14-,15+/m0/s1. The minimum atomic E-state index is -0.291. The van der Waals surface area contributed by atoms with Crippen molar-refractivity contribution in [3.63, 3.8) is 0 Å². The maximum Gasteiger partial charge on any atom is 0.315 e. The summed E-state index contributed by atoms with van der Waals surface area (Å²) in [6, 6.07) is 5.68. The van der Waals surface area contributed by atoms with E-state index >= 15 is 0 Å². The molecule has 6 nitrogen and oxygen atoms in total. The van der Waals surface area contributed by atoms with E-state index in [1.54, 1.807) is 23.0 Å². The smallest absolute Gasteiger partial charge is 0.315 e. The normalized spacial score (nSPS) is 20.4. The first-order chi connectivity index (χ1) is 11.1. The Morgan fingerprint density at radius 3 is 2.91 bits per heavy atom. The van der Waals surface area contributed by atoms with E-state index in [-0.39, 0.29) is 24.0 Å². The molecule has 0 unspecified atom stereocenters. The van der Waals surface area contributed by atoms with Crippen LogP contribution in [0.25, 0.3) is 0 Å². The SMILES string of the molecule is Cn1cc([C@H]2OCC[C@@H]2NC(=O)NCc2ccc(F)cc2)cn1. The Labute approximate surface area is 133 Å². The minimum Gasteiger partial charge on any atom is -0.371 e. The maximum atomic E-state index is 12.8. The Hall–Kier alpha value is -2.41. The van der Waals surface area contributed by atoms with Gasteiger partial charge in [0.1, 0.15) is 11.9 Å². The molecule has 2 amide bonds. The number of rotatable bonds is 4. The summed E-state index contributed by atoms with van der Waals surface area (Å²) >= 11 is 0. The van der Waals surface area contributed by atoms with E-state index in [0.717, 1.165) is 17.5 Å². The average Bonchev–Trinajstić information content (AvgIpc) is 3.15. The quantitative estimate of drug-likeness (QED) is 0.904. The summed E-state index contributed by atoms with van der Waals surface area (Å²) in [5.74, 6) is -0.291. The van der Waals surface area contributed by atoms with Crippen LogP contribution in [0.15, 0.2) is 36.7 Å². The third kappa shape index (κ3) is 3.87. The van der Waals surface area contributed by atoms with Crippen LogP contribution in [0.1, 0.15) is 23.7 Å². The van der Waals surface area contributed by atoms with Crippen LogP contribution in [0, 0.1) is 5.82 Å².